The van der Waals surface area contributed by atoms with Gasteiger partial charge in [-0.1, -0.05) is 24.3 Å². The Morgan fingerprint density at radius 3 is 2.67 bits per heavy atom. The second kappa shape index (κ2) is 4.15. The van der Waals surface area contributed by atoms with E-state index < -0.39 is 0 Å². The van der Waals surface area contributed by atoms with E-state index in [1.165, 1.54) is 11.1 Å². The van der Waals surface area contributed by atoms with E-state index in [2.05, 4.69) is 30.1 Å². The van der Waals surface area contributed by atoms with Crippen molar-refractivity contribution in [3.05, 3.63) is 35.4 Å². The van der Waals surface area contributed by atoms with Gasteiger partial charge in [0.2, 0.25) is 0 Å². The van der Waals surface area contributed by atoms with Gasteiger partial charge in [0.05, 0.1) is 0 Å². The molecule has 1 heterocycles. The Labute approximate surface area is 90.9 Å². The van der Waals surface area contributed by atoms with Gasteiger partial charge in [0.25, 0.3) is 0 Å². The van der Waals surface area contributed by atoms with Gasteiger partial charge in [-0.3, -0.25) is 4.79 Å². The summed E-state index contributed by atoms with van der Waals surface area (Å²) in [5.41, 5.74) is 2.58. The molecule has 0 bridgehead atoms. The Morgan fingerprint density at radius 1 is 1.40 bits per heavy atom. The van der Waals surface area contributed by atoms with Crippen molar-refractivity contribution in [2.75, 3.05) is 20.1 Å². The molecule has 0 radical (unpaired) electrons. The summed E-state index contributed by atoms with van der Waals surface area (Å²) in [7, 11) is 2.13. The standard InChI is InChI=1S/C13H17NO/c1-10(15)7-11-5-3-4-6-13(11)12-8-14(2)9-12/h3-6,12H,7-9H2,1-2H3. The molecule has 0 spiro atoms. The zero-order valence-corrected chi connectivity index (χ0v) is 9.36. The minimum Gasteiger partial charge on any atom is -0.305 e. The average Bonchev–Trinajstić information content (AvgIpc) is 2.13. The van der Waals surface area contributed by atoms with Crippen LogP contribution < -0.4 is 0 Å². The fraction of sp³-hybridized carbons (Fsp3) is 0.462. The van der Waals surface area contributed by atoms with E-state index in [4.69, 9.17) is 0 Å². The van der Waals surface area contributed by atoms with Crippen LogP contribution >= 0.6 is 0 Å². The van der Waals surface area contributed by atoms with Crippen LogP contribution in [0.2, 0.25) is 0 Å². The zero-order valence-electron chi connectivity index (χ0n) is 9.36. The Bertz CT molecular complexity index is 367. The molecule has 1 fully saturated rings. The number of nitrogens with zero attached hydrogens (tertiary/aromatic N) is 1. The molecule has 0 aliphatic carbocycles. The summed E-state index contributed by atoms with van der Waals surface area (Å²) in [6.45, 7) is 3.90. The molecule has 1 saturated heterocycles. The van der Waals surface area contributed by atoms with E-state index >= 15 is 0 Å². The summed E-state index contributed by atoms with van der Waals surface area (Å²) >= 11 is 0. The van der Waals surface area contributed by atoms with Crippen LogP contribution in [0.15, 0.2) is 24.3 Å². The molecule has 2 nitrogen and oxygen atoms in total. The molecule has 2 rings (SSSR count). The Kier molecular flexibility index (Phi) is 2.87. The molecule has 0 unspecified atom stereocenters. The highest BCUT2D eigenvalue weighted by molar-refractivity contribution is 5.78. The first-order valence-electron chi connectivity index (χ1n) is 5.42. The maximum Gasteiger partial charge on any atom is 0.134 e. The first-order chi connectivity index (χ1) is 7.16. The maximum absolute atomic E-state index is 11.1. The van der Waals surface area contributed by atoms with Crippen molar-refractivity contribution in [3.8, 4) is 0 Å². The normalized spacial score (nSPS) is 17.5. The summed E-state index contributed by atoms with van der Waals surface area (Å²) in [5.74, 6) is 0.876. The van der Waals surface area contributed by atoms with Crippen LogP contribution in [0.4, 0.5) is 0 Å². The van der Waals surface area contributed by atoms with Gasteiger partial charge < -0.3 is 4.90 Å². The minimum absolute atomic E-state index is 0.245. The van der Waals surface area contributed by atoms with E-state index in [9.17, 15) is 4.79 Å². The van der Waals surface area contributed by atoms with Crippen molar-refractivity contribution in [3.63, 3.8) is 0 Å². The van der Waals surface area contributed by atoms with Gasteiger partial charge in [-0.15, -0.1) is 0 Å². The SMILES string of the molecule is CC(=O)Cc1ccccc1C1CN(C)C1. The highest BCUT2D eigenvalue weighted by Crippen LogP contribution is 2.28. The van der Waals surface area contributed by atoms with E-state index in [-0.39, 0.29) is 5.78 Å². The lowest BCUT2D eigenvalue weighted by Gasteiger charge is -2.37. The number of carbonyl (C=O) groups is 1. The van der Waals surface area contributed by atoms with Crippen LogP contribution in [0.25, 0.3) is 0 Å². The smallest absolute Gasteiger partial charge is 0.134 e. The molecule has 0 amide bonds. The Hall–Kier alpha value is -1.15. The second-order valence-corrected chi connectivity index (χ2v) is 4.50. The lowest BCUT2D eigenvalue weighted by molar-refractivity contribution is -0.116. The molecular formula is C13H17NO. The van der Waals surface area contributed by atoms with E-state index in [0.717, 1.165) is 13.1 Å². The summed E-state index contributed by atoms with van der Waals surface area (Å²) in [6.07, 6.45) is 0.580. The first kappa shape index (κ1) is 10.4. The van der Waals surface area contributed by atoms with Gasteiger partial charge >= 0.3 is 0 Å². The largest absolute Gasteiger partial charge is 0.305 e. The van der Waals surface area contributed by atoms with Crippen LogP contribution in [-0.4, -0.2) is 30.8 Å². The number of ketones is 1. The number of likely N-dealkylation sites (tertiary alicyclic amines) is 1. The van der Waals surface area contributed by atoms with Crippen molar-refractivity contribution < 1.29 is 4.79 Å². The molecule has 2 heteroatoms. The molecule has 0 atom stereocenters. The summed E-state index contributed by atoms with van der Waals surface area (Å²) in [5, 5.41) is 0. The van der Waals surface area contributed by atoms with Crippen molar-refractivity contribution in [1.29, 1.82) is 0 Å². The number of carbonyl (C=O) groups excluding carboxylic acids is 1. The molecule has 0 saturated carbocycles. The fourth-order valence-corrected chi connectivity index (χ4v) is 2.26. The highest BCUT2D eigenvalue weighted by atomic mass is 16.1. The molecule has 0 aromatic heterocycles. The predicted molar refractivity (Wildman–Crippen MR) is 61.1 cm³/mol. The van der Waals surface area contributed by atoms with Gasteiger partial charge in [-0.25, -0.2) is 0 Å². The molecule has 1 aromatic carbocycles. The van der Waals surface area contributed by atoms with Gasteiger partial charge in [0.1, 0.15) is 5.78 Å². The van der Waals surface area contributed by atoms with Crippen LogP contribution in [0.1, 0.15) is 24.0 Å². The monoisotopic (exact) mass is 203 g/mol. The van der Waals surface area contributed by atoms with Crippen LogP contribution in [0, 0.1) is 0 Å². The van der Waals surface area contributed by atoms with Crippen molar-refractivity contribution in [2.45, 2.75) is 19.3 Å². The molecule has 1 aliphatic heterocycles. The van der Waals surface area contributed by atoms with Crippen LogP contribution in [0.5, 0.6) is 0 Å². The Morgan fingerprint density at radius 2 is 2.07 bits per heavy atom. The Balaban J connectivity index is 2.18. The number of hydrogen-bond donors (Lipinski definition) is 0. The fourth-order valence-electron chi connectivity index (χ4n) is 2.26. The molecule has 80 valence electrons. The van der Waals surface area contributed by atoms with Crippen LogP contribution in [0.3, 0.4) is 0 Å². The third-order valence-electron chi connectivity index (χ3n) is 3.00. The van der Waals surface area contributed by atoms with Gasteiger partial charge in [-0.2, -0.15) is 0 Å². The quantitative estimate of drug-likeness (QED) is 0.747. The number of benzene rings is 1. The van der Waals surface area contributed by atoms with E-state index in [1.54, 1.807) is 6.92 Å². The van der Waals surface area contributed by atoms with Crippen LogP contribution in [-0.2, 0) is 11.2 Å². The van der Waals surface area contributed by atoms with Crippen molar-refractivity contribution in [2.24, 2.45) is 0 Å². The number of hydrogen-bond acceptors (Lipinski definition) is 2. The molecular weight excluding hydrogens is 186 g/mol. The minimum atomic E-state index is 0.245. The summed E-state index contributed by atoms with van der Waals surface area (Å²) in [4.78, 5) is 13.4. The number of rotatable bonds is 3. The van der Waals surface area contributed by atoms with Gasteiger partial charge in [0, 0.05) is 25.4 Å². The predicted octanol–water partition coefficient (Wildman–Crippen LogP) is 1.85. The van der Waals surface area contributed by atoms with Gasteiger partial charge in [-0.05, 0) is 25.1 Å². The molecule has 1 aliphatic rings. The highest BCUT2D eigenvalue weighted by Gasteiger charge is 2.26. The molecule has 0 N–H and O–H groups in total. The third-order valence-corrected chi connectivity index (χ3v) is 3.00. The van der Waals surface area contributed by atoms with Gasteiger partial charge in [0.15, 0.2) is 0 Å². The topological polar surface area (TPSA) is 20.3 Å². The number of likely N-dealkylation sites (N-methyl/N-ethyl adjacent to an activating group) is 1. The number of Topliss-reactive ketones (excluding diaryl/α,β-unsaturated/α-hetero) is 1. The molecule has 15 heavy (non-hydrogen) atoms. The third kappa shape index (κ3) is 2.26. The lowest BCUT2D eigenvalue weighted by Crippen LogP contribution is -2.42. The second-order valence-electron chi connectivity index (χ2n) is 4.50. The lowest BCUT2D eigenvalue weighted by atomic mass is 9.87. The van der Waals surface area contributed by atoms with Crippen molar-refractivity contribution >= 4 is 5.78 Å². The first-order valence-corrected chi connectivity index (χ1v) is 5.42. The maximum atomic E-state index is 11.1. The van der Waals surface area contributed by atoms with Crippen molar-refractivity contribution in [1.82, 2.24) is 4.90 Å². The zero-order chi connectivity index (χ0) is 10.8. The van der Waals surface area contributed by atoms with E-state index in [0.29, 0.717) is 12.3 Å². The average molecular weight is 203 g/mol. The summed E-state index contributed by atoms with van der Waals surface area (Å²) in [6, 6.07) is 8.33. The molecule has 1 aromatic rings. The van der Waals surface area contributed by atoms with E-state index in [1.807, 2.05) is 6.07 Å². The summed E-state index contributed by atoms with van der Waals surface area (Å²) < 4.78 is 0.